The highest BCUT2D eigenvalue weighted by atomic mass is 32.1. The minimum absolute atomic E-state index is 0.00551. The summed E-state index contributed by atoms with van der Waals surface area (Å²) in [4.78, 5) is 16.7. The van der Waals surface area contributed by atoms with Gasteiger partial charge in [-0.1, -0.05) is 30.4 Å². The van der Waals surface area contributed by atoms with Crippen LogP contribution in [0.4, 0.5) is 18.3 Å². The Kier molecular flexibility index (Phi) is 5.12. The molecule has 0 atom stereocenters. The molecule has 1 aromatic carbocycles. The van der Waals surface area contributed by atoms with Gasteiger partial charge in [0.15, 0.2) is 0 Å². The van der Waals surface area contributed by atoms with E-state index in [4.69, 9.17) is 4.74 Å². The molecule has 0 unspecified atom stereocenters. The lowest BCUT2D eigenvalue weighted by Crippen LogP contribution is -2.16. The minimum atomic E-state index is -4.47. The first-order valence-corrected chi connectivity index (χ1v) is 8.63. The fraction of sp³-hybridized carbons (Fsp3) is 0.312. The molecule has 0 fully saturated rings. The van der Waals surface area contributed by atoms with Crippen LogP contribution in [0.15, 0.2) is 35.1 Å². The Morgan fingerprint density at radius 3 is 2.81 bits per heavy atom. The van der Waals surface area contributed by atoms with E-state index >= 15 is 0 Å². The normalized spacial score (nSPS) is 11.7. The average Bonchev–Trinajstić information content (AvgIpc) is 3.01. The van der Waals surface area contributed by atoms with Crippen molar-refractivity contribution in [2.24, 2.45) is 0 Å². The zero-order valence-electron chi connectivity index (χ0n) is 13.7. The lowest BCUT2D eigenvalue weighted by Gasteiger charge is -2.13. The zero-order chi connectivity index (χ0) is 18.7. The van der Waals surface area contributed by atoms with Crippen LogP contribution >= 0.6 is 11.3 Å². The summed E-state index contributed by atoms with van der Waals surface area (Å²) in [5, 5.41) is 7.47. The lowest BCUT2D eigenvalue weighted by molar-refractivity contribution is -0.138. The minimum Gasteiger partial charge on any atom is -0.491 e. The van der Waals surface area contributed by atoms with E-state index in [9.17, 15) is 18.0 Å². The molecule has 6 nitrogen and oxygen atoms in total. The molecule has 0 saturated heterocycles. The van der Waals surface area contributed by atoms with Gasteiger partial charge in [-0.05, 0) is 18.6 Å². The van der Waals surface area contributed by atoms with Gasteiger partial charge in [0.1, 0.15) is 12.4 Å². The predicted octanol–water partition coefficient (Wildman–Crippen LogP) is 3.22. The van der Waals surface area contributed by atoms with Gasteiger partial charge in [-0.15, -0.1) is 5.10 Å². The lowest BCUT2D eigenvalue weighted by atomic mass is 10.2. The number of para-hydroxylation sites is 1. The number of ether oxygens (including phenoxy) is 1. The average molecular weight is 384 g/mol. The molecule has 1 N–H and O–H groups in total. The van der Waals surface area contributed by atoms with E-state index in [1.54, 1.807) is 0 Å². The number of alkyl halides is 3. The van der Waals surface area contributed by atoms with Crippen molar-refractivity contribution in [1.82, 2.24) is 14.6 Å². The van der Waals surface area contributed by atoms with Gasteiger partial charge in [-0.25, -0.2) is 4.98 Å². The third-order valence-corrected chi connectivity index (χ3v) is 4.35. The number of nitrogens with zero attached hydrogens (tertiary/aromatic N) is 3. The molecule has 0 spiro atoms. The first kappa shape index (κ1) is 18.2. The second-order valence-corrected chi connectivity index (χ2v) is 6.27. The maximum atomic E-state index is 12.9. The fourth-order valence-electron chi connectivity index (χ4n) is 2.25. The summed E-state index contributed by atoms with van der Waals surface area (Å²) < 4.78 is 45.1. The standard InChI is InChI=1S/C16H15F3N4O2S/c1-2-10-9-13(24)23-15(21-10)26-14(22-23)20-7-8-25-12-6-4-3-5-11(12)16(17,18)19/h3-6,9H,2,7-8H2,1H3,(H,20,22). The molecular weight excluding hydrogens is 369 g/mol. The van der Waals surface area contributed by atoms with Crippen LogP contribution < -0.4 is 15.6 Å². The molecule has 0 aliphatic carbocycles. The first-order valence-electron chi connectivity index (χ1n) is 7.81. The Labute approximate surface area is 150 Å². The molecule has 0 aliphatic heterocycles. The summed E-state index contributed by atoms with van der Waals surface area (Å²) in [6.07, 6.45) is -3.83. The number of halogens is 3. The Bertz CT molecular complexity index is 968. The topological polar surface area (TPSA) is 68.5 Å². The van der Waals surface area contributed by atoms with E-state index in [0.717, 1.165) is 6.07 Å². The third kappa shape index (κ3) is 3.96. The van der Waals surface area contributed by atoms with Crippen molar-refractivity contribution >= 4 is 21.4 Å². The quantitative estimate of drug-likeness (QED) is 0.661. The van der Waals surface area contributed by atoms with E-state index < -0.39 is 11.7 Å². The molecule has 138 valence electrons. The van der Waals surface area contributed by atoms with Crippen molar-refractivity contribution in [3.63, 3.8) is 0 Å². The molecule has 0 radical (unpaired) electrons. The van der Waals surface area contributed by atoms with Crippen LogP contribution in [0.1, 0.15) is 18.2 Å². The van der Waals surface area contributed by atoms with Gasteiger partial charge in [-0.3, -0.25) is 4.79 Å². The summed E-state index contributed by atoms with van der Waals surface area (Å²) in [6, 6.07) is 6.46. The molecule has 2 aromatic heterocycles. The summed E-state index contributed by atoms with van der Waals surface area (Å²) in [5.74, 6) is -0.225. The molecule has 3 aromatic rings. The van der Waals surface area contributed by atoms with Crippen molar-refractivity contribution in [1.29, 1.82) is 0 Å². The summed E-state index contributed by atoms with van der Waals surface area (Å²) in [6.45, 7) is 2.13. The number of hydrogen-bond acceptors (Lipinski definition) is 6. The van der Waals surface area contributed by atoms with E-state index in [1.165, 1.54) is 40.1 Å². The number of fused-ring (bicyclic) bond motifs is 1. The summed E-state index contributed by atoms with van der Waals surface area (Å²) in [7, 11) is 0. The van der Waals surface area contributed by atoms with Gasteiger partial charge < -0.3 is 10.1 Å². The van der Waals surface area contributed by atoms with Crippen molar-refractivity contribution in [2.75, 3.05) is 18.5 Å². The number of nitrogens with one attached hydrogen (secondary N) is 1. The first-order chi connectivity index (χ1) is 12.4. The molecule has 0 amide bonds. The Morgan fingerprint density at radius 2 is 2.08 bits per heavy atom. The van der Waals surface area contributed by atoms with Crippen LogP contribution in [0.2, 0.25) is 0 Å². The second-order valence-electron chi connectivity index (χ2n) is 5.31. The number of aromatic nitrogens is 3. The number of benzene rings is 1. The Balaban J connectivity index is 1.64. The van der Waals surface area contributed by atoms with Crippen molar-refractivity contribution in [3.05, 3.63) is 51.9 Å². The van der Waals surface area contributed by atoms with Crippen LogP contribution in [0.3, 0.4) is 0 Å². The zero-order valence-corrected chi connectivity index (χ0v) is 14.5. The molecule has 10 heteroatoms. The van der Waals surface area contributed by atoms with Gasteiger partial charge >= 0.3 is 6.18 Å². The molecule has 0 bridgehead atoms. The fourth-order valence-corrected chi connectivity index (χ4v) is 3.10. The van der Waals surface area contributed by atoms with Gasteiger partial charge in [0.25, 0.3) is 5.56 Å². The largest absolute Gasteiger partial charge is 0.491 e. The van der Waals surface area contributed by atoms with Crippen LogP contribution in [0, 0.1) is 0 Å². The van der Waals surface area contributed by atoms with Gasteiger partial charge in [0.2, 0.25) is 10.1 Å². The predicted molar refractivity (Wildman–Crippen MR) is 91.9 cm³/mol. The second kappa shape index (κ2) is 7.32. The van der Waals surface area contributed by atoms with Crippen LogP contribution in [-0.4, -0.2) is 27.7 Å². The highest BCUT2D eigenvalue weighted by molar-refractivity contribution is 7.20. The maximum Gasteiger partial charge on any atom is 0.419 e. The van der Waals surface area contributed by atoms with E-state index in [0.29, 0.717) is 22.2 Å². The monoisotopic (exact) mass is 384 g/mol. The molecule has 2 heterocycles. The van der Waals surface area contributed by atoms with Crippen molar-refractivity contribution in [2.45, 2.75) is 19.5 Å². The maximum absolute atomic E-state index is 12.9. The van der Waals surface area contributed by atoms with Crippen LogP contribution in [0.5, 0.6) is 5.75 Å². The summed E-state index contributed by atoms with van der Waals surface area (Å²) in [5.41, 5.74) is -0.411. The van der Waals surface area contributed by atoms with Gasteiger partial charge in [0, 0.05) is 11.8 Å². The van der Waals surface area contributed by atoms with E-state index in [-0.39, 0.29) is 24.5 Å². The number of hydrogen-bond donors (Lipinski definition) is 1. The summed E-state index contributed by atoms with van der Waals surface area (Å²) >= 11 is 1.19. The van der Waals surface area contributed by atoms with Gasteiger partial charge in [-0.2, -0.15) is 17.7 Å². The van der Waals surface area contributed by atoms with Crippen LogP contribution in [0.25, 0.3) is 4.96 Å². The highest BCUT2D eigenvalue weighted by Gasteiger charge is 2.33. The molecule has 26 heavy (non-hydrogen) atoms. The van der Waals surface area contributed by atoms with E-state index in [2.05, 4.69) is 15.4 Å². The Hall–Kier alpha value is -2.62. The van der Waals surface area contributed by atoms with Gasteiger partial charge in [0.05, 0.1) is 12.1 Å². The van der Waals surface area contributed by atoms with Crippen molar-refractivity contribution in [3.8, 4) is 5.75 Å². The number of anilines is 1. The molecular formula is C16H15F3N4O2S. The van der Waals surface area contributed by atoms with E-state index in [1.807, 2.05) is 6.92 Å². The highest BCUT2D eigenvalue weighted by Crippen LogP contribution is 2.35. The Morgan fingerprint density at radius 1 is 1.31 bits per heavy atom. The molecule has 3 rings (SSSR count). The molecule has 0 saturated carbocycles. The smallest absolute Gasteiger partial charge is 0.419 e. The SMILES string of the molecule is CCc1cc(=O)n2nc(NCCOc3ccccc3C(F)(F)F)sc2n1. The van der Waals surface area contributed by atoms with Crippen LogP contribution in [-0.2, 0) is 12.6 Å². The van der Waals surface area contributed by atoms with Crippen molar-refractivity contribution < 1.29 is 17.9 Å². The number of aryl methyl sites for hydroxylation is 1. The molecule has 0 aliphatic rings. The number of rotatable bonds is 6. The third-order valence-electron chi connectivity index (χ3n) is 3.49.